The van der Waals surface area contributed by atoms with Crippen LogP contribution < -0.4 is 5.32 Å². The minimum Gasteiger partial charge on any atom is -0.314 e. The minimum atomic E-state index is -3.06. The molecule has 1 saturated heterocycles. The van der Waals surface area contributed by atoms with Gasteiger partial charge >= 0.3 is 0 Å². The fraction of sp³-hybridized carbons (Fsp3) is 1.00. The Morgan fingerprint density at radius 1 is 1.47 bits per heavy atom. The molecule has 2 unspecified atom stereocenters. The molecule has 0 bridgehead atoms. The summed E-state index contributed by atoms with van der Waals surface area (Å²) in [5, 5.41) is 3.21. The van der Waals surface area contributed by atoms with Crippen LogP contribution in [0.1, 0.15) is 33.6 Å². The van der Waals surface area contributed by atoms with E-state index in [4.69, 9.17) is 0 Å². The normalized spacial score (nSPS) is 24.1. The molecule has 0 radical (unpaired) electrons. The molecule has 0 saturated carbocycles. The summed E-state index contributed by atoms with van der Waals surface area (Å²) < 4.78 is 26.0. The van der Waals surface area contributed by atoms with Gasteiger partial charge in [-0.1, -0.05) is 20.3 Å². The molecule has 0 aromatic heterocycles. The molecular formula is C11H25ClN2O2S. The van der Waals surface area contributed by atoms with E-state index in [1.54, 1.807) is 4.31 Å². The van der Waals surface area contributed by atoms with E-state index in [0.717, 1.165) is 25.9 Å². The van der Waals surface area contributed by atoms with Gasteiger partial charge in [-0.15, -0.1) is 12.4 Å². The third-order valence-corrected chi connectivity index (χ3v) is 5.32. The first-order chi connectivity index (χ1) is 7.47. The Morgan fingerprint density at radius 3 is 2.65 bits per heavy atom. The Bertz CT molecular complexity index is 309. The van der Waals surface area contributed by atoms with Crippen LogP contribution in [-0.2, 0) is 10.0 Å². The highest BCUT2D eigenvalue weighted by Crippen LogP contribution is 2.15. The molecule has 1 N–H and O–H groups in total. The smallest absolute Gasteiger partial charge is 0.214 e. The Balaban J connectivity index is 0.00000256. The highest BCUT2D eigenvalue weighted by Gasteiger charge is 2.30. The van der Waals surface area contributed by atoms with E-state index in [9.17, 15) is 8.42 Å². The van der Waals surface area contributed by atoms with Crippen molar-refractivity contribution in [3.8, 4) is 0 Å². The van der Waals surface area contributed by atoms with Crippen molar-refractivity contribution in [2.24, 2.45) is 5.92 Å². The Labute approximate surface area is 112 Å². The molecule has 1 fully saturated rings. The summed E-state index contributed by atoms with van der Waals surface area (Å²) >= 11 is 0. The van der Waals surface area contributed by atoms with Crippen molar-refractivity contribution in [3.63, 3.8) is 0 Å². The lowest BCUT2D eigenvalue weighted by Crippen LogP contribution is -2.53. The van der Waals surface area contributed by atoms with Gasteiger partial charge in [0.1, 0.15) is 0 Å². The van der Waals surface area contributed by atoms with Gasteiger partial charge < -0.3 is 5.32 Å². The molecule has 0 amide bonds. The third-order valence-electron chi connectivity index (χ3n) is 3.07. The summed E-state index contributed by atoms with van der Waals surface area (Å²) in [4.78, 5) is 0. The van der Waals surface area contributed by atoms with Crippen LogP contribution in [0.5, 0.6) is 0 Å². The molecule has 4 nitrogen and oxygen atoms in total. The average Bonchev–Trinajstić information content (AvgIpc) is 2.17. The standard InChI is InChI=1S/C11H24N2O2S.ClH/c1-4-5-10(2)9-16(14,15)13-7-6-12-8-11(13)3;/h10-12H,4-9H2,1-3H3;1H. The molecule has 1 aliphatic heterocycles. The maximum Gasteiger partial charge on any atom is 0.214 e. The average molecular weight is 285 g/mol. The molecule has 17 heavy (non-hydrogen) atoms. The van der Waals surface area contributed by atoms with Crippen molar-refractivity contribution >= 4 is 22.4 Å². The van der Waals surface area contributed by atoms with Crippen molar-refractivity contribution in [1.82, 2.24) is 9.62 Å². The Morgan fingerprint density at radius 2 is 2.12 bits per heavy atom. The van der Waals surface area contributed by atoms with Gasteiger partial charge in [-0.25, -0.2) is 8.42 Å². The number of halogens is 1. The van der Waals surface area contributed by atoms with Gasteiger partial charge in [0.15, 0.2) is 0 Å². The number of piperazine rings is 1. The zero-order chi connectivity index (χ0) is 12.2. The summed E-state index contributed by atoms with van der Waals surface area (Å²) in [6.45, 7) is 8.23. The molecule has 2 atom stereocenters. The fourth-order valence-corrected chi connectivity index (χ4v) is 4.34. The van der Waals surface area contributed by atoms with Gasteiger partial charge in [0.25, 0.3) is 0 Å². The van der Waals surface area contributed by atoms with Crippen LogP contribution in [0.25, 0.3) is 0 Å². The van der Waals surface area contributed by atoms with Crippen LogP contribution >= 0.6 is 12.4 Å². The van der Waals surface area contributed by atoms with Crippen molar-refractivity contribution in [2.45, 2.75) is 39.7 Å². The number of hydrogen-bond donors (Lipinski definition) is 1. The number of nitrogens with one attached hydrogen (secondary N) is 1. The van der Waals surface area contributed by atoms with Gasteiger partial charge in [-0.3, -0.25) is 0 Å². The first-order valence-corrected chi connectivity index (χ1v) is 7.78. The predicted molar refractivity (Wildman–Crippen MR) is 74.1 cm³/mol. The zero-order valence-corrected chi connectivity index (χ0v) is 12.6. The number of hydrogen-bond acceptors (Lipinski definition) is 3. The van der Waals surface area contributed by atoms with Gasteiger partial charge in [0, 0.05) is 25.7 Å². The second kappa shape index (κ2) is 7.56. The number of nitrogens with zero attached hydrogens (tertiary/aromatic N) is 1. The fourth-order valence-electron chi connectivity index (χ4n) is 2.27. The van der Waals surface area contributed by atoms with Crippen LogP contribution in [0.4, 0.5) is 0 Å². The first kappa shape index (κ1) is 17.2. The van der Waals surface area contributed by atoms with Crippen LogP contribution in [0.3, 0.4) is 0 Å². The van der Waals surface area contributed by atoms with E-state index in [1.165, 1.54) is 0 Å². The zero-order valence-electron chi connectivity index (χ0n) is 11.0. The molecule has 6 heteroatoms. The summed E-state index contributed by atoms with van der Waals surface area (Å²) in [7, 11) is -3.06. The van der Waals surface area contributed by atoms with Crippen LogP contribution in [-0.4, -0.2) is 44.2 Å². The van der Waals surface area contributed by atoms with Gasteiger partial charge in [-0.05, 0) is 19.3 Å². The molecule has 0 aromatic rings. The van der Waals surface area contributed by atoms with E-state index >= 15 is 0 Å². The van der Waals surface area contributed by atoms with E-state index in [-0.39, 0.29) is 24.4 Å². The van der Waals surface area contributed by atoms with Crippen molar-refractivity contribution in [3.05, 3.63) is 0 Å². The first-order valence-electron chi connectivity index (χ1n) is 6.17. The van der Waals surface area contributed by atoms with Crippen LogP contribution in [0, 0.1) is 5.92 Å². The third kappa shape index (κ3) is 5.12. The van der Waals surface area contributed by atoms with Crippen molar-refractivity contribution in [1.29, 1.82) is 0 Å². The van der Waals surface area contributed by atoms with Crippen molar-refractivity contribution < 1.29 is 8.42 Å². The van der Waals surface area contributed by atoms with E-state index in [2.05, 4.69) is 12.2 Å². The topological polar surface area (TPSA) is 49.4 Å². The quantitative estimate of drug-likeness (QED) is 0.832. The monoisotopic (exact) mass is 284 g/mol. The van der Waals surface area contributed by atoms with Crippen LogP contribution in [0.2, 0.25) is 0 Å². The van der Waals surface area contributed by atoms with E-state index in [0.29, 0.717) is 12.3 Å². The maximum absolute atomic E-state index is 12.2. The second-order valence-corrected chi connectivity index (χ2v) is 6.80. The molecule has 0 aliphatic carbocycles. The van der Waals surface area contributed by atoms with E-state index in [1.807, 2.05) is 13.8 Å². The van der Waals surface area contributed by atoms with E-state index < -0.39 is 10.0 Å². The highest BCUT2D eigenvalue weighted by atomic mass is 35.5. The Kier molecular flexibility index (Phi) is 7.63. The SMILES string of the molecule is CCCC(C)CS(=O)(=O)N1CCNCC1C.Cl. The van der Waals surface area contributed by atoms with Crippen LogP contribution in [0.15, 0.2) is 0 Å². The summed E-state index contributed by atoms with van der Waals surface area (Å²) in [6.07, 6.45) is 2.04. The lowest BCUT2D eigenvalue weighted by atomic mass is 10.1. The maximum atomic E-state index is 12.2. The van der Waals surface area contributed by atoms with Gasteiger partial charge in [0.2, 0.25) is 10.0 Å². The van der Waals surface area contributed by atoms with Gasteiger partial charge in [-0.2, -0.15) is 4.31 Å². The van der Waals surface area contributed by atoms with Gasteiger partial charge in [0.05, 0.1) is 5.75 Å². The lowest BCUT2D eigenvalue weighted by Gasteiger charge is -2.33. The summed E-state index contributed by atoms with van der Waals surface area (Å²) in [5.74, 6) is 0.558. The summed E-state index contributed by atoms with van der Waals surface area (Å²) in [5.41, 5.74) is 0. The Hall–Kier alpha value is 0.160. The molecule has 104 valence electrons. The predicted octanol–water partition coefficient (Wildman–Crippen LogP) is 1.47. The number of rotatable bonds is 5. The molecular weight excluding hydrogens is 260 g/mol. The lowest BCUT2D eigenvalue weighted by molar-refractivity contribution is 0.282. The second-order valence-electron chi connectivity index (χ2n) is 4.84. The number of sulfonamides is 1. The minimum absolute atomic E-state index is 0. The molecule has 1 rings (SSSR count). The molecule has 0 spiro atoms. The van der Waals surface area contributed by atoms with Crippen molar-refractivity contribution in [2.75, 3.05) is 25.4 Å². The summed E-state index contributed by atoms with van der Waals surface area (Å²) in [6, 6.07) is 0.0903. The largest absolute Gasteiger partial charge is 0.314 e. The molecule has 1 aliphatic rings. The highest BCUT2D eigenvalue weighted by molar-refractivity contribution is 7.89. The molecule has 1 heterocycles. The molecule has 0 aromatic carbocycles.